The van der Waals surface area contributed by atoms with Gasteiger partial charge in [-0.15, -0.1) is 0 Å². The number of aliphatic hydroxyl groups is 2. The SMILES string of the molecule is CCCCCCN(C(=O)Cc1ccccc1)C1CC(C(=O)NCCO)=CC(Oc2c(I)cc(C=O)cc2OC)C1O. The number of aliphatic hydroxyl groups excluding tert-OH is 2. The van der Waals surface area contributed by atoms with E-state index >= 15 is 0 Å². The summed E-state index contributed by atoms with van der Waals surface area (Å²) >= 11 is 2.03. The first-order chi connectivity index (χ1) is 19.8. The van der Waals surface area contributed by atoms with E-state index in [4.69, 9.17) is 9.47 Å². The Morgan fingerprint density at radius 1 is 1.17 bits per heavy atom. The highest BCUT2D eigenvalue weighted by Crippen LogP contribution is 2.37. The molecule has 0 spiro atoms. The zero-order chi connectivity index (χ0) is 29.8. The van der Waals surface area contributed by atoms with Gasteiger partial charge in [-0.2, -0.15) is 0 Å². The number of benzene rings is 2. The molecule has 2 aromatic rings. The molecule has 1 aliphatic carbocycles. The molecule has 0 aliphatic heterocycles. The van der Waals surface area contributed by atoms with Gasteiger partial charge in [0.2, 0.25) is 11.8 Å². The van der Waals surface area contributed by atoms with Crippen LogP contribution in [0.4, 0.5) is 0 Å². The van der Waals surface area contributed by atoms with Gasteiger partial charge >= 0.3 is 0 Å². The number of carbonyl (C=O) groups is 3. The lowest BCUT2D eigenvalue weighted by Gasteiger charge is -2.41. The molecule has 3 rings (SSSR count). The minimum atomic E-state index is -1.15. The molecule has 10 heteroatoms. The van der Waals surface area contributed by atoms with Crippen LogP contribution in [-0.2, 0) is 16.0 Å². The molecule has 2 aromatic carbocycles. The fourth-order valence-corrected chi connectivity index (χ4v) is 5.65. The Labute approximate surface area is 255 Å². The van der Waals surface area contributed by atoms with E-state index in [0.29, 0.717) is 39.0 Å². The summed E-state index contributed by atoms with van der Waals surface area (Å²) in [6.45, 7) is 2.40. The van der Waals surface area contributed by atoms with E-state index in [2.05, 4.69) is 12.2 Å². The second-order valence-electron chi connectivity index (χ2n) is 9.98. The number of ether oxygens (including phenoxy) is 2. The third-order valence-electron chi connectivity index (χ3n) is 7.03. The number of halogens is 1. The maximum atomic E-state index is 13.7. The molecular weight excluding hydrogens is 639 g/mol. The number of aldehydes is 1. The van der Waals surface area contributed by atoms with Gasteiger partial charge in [-0.3, -0.25) is 14.4 Å². The van der Waals surface area contributed by atoms with Crippen molar-refractivity contribution in [1.82, 2.24) is 10.2 Å². The number of nitrogens with zero attached hydrogens (tertiary/aromatic N) is 1. The van der Waals surface area contributed by atoms with Crippen molar-refractivity contribution in [2.24, 2.45) is 0 Å². The van der Waals surface area contributed by atoms with Crippen molar-refractivity contribution in [3.8, 4) is 11.5 Å². The van der Waals surface area contributed by atoms with Crippen LogP contribution in [0.15, 0.2) is 54.1 Å². The third-order valence-corrected chi connectivity index (χ3v) is 7.83. The summed E-state index contributed by atoms with van der Waals surface area (Å²) in [6, 6.07) is 11.9. The van der Waals surface area contributed by atoms with E-state index in [-0.39, 0.29) is 31.9 Å². The first-order valence-electron chi connectivity index (χ1n) is 13.9. The largest absolute Gasteiger partial charge is 0.493 e. The Kier molecular flexibility index (Phi) is 13.1. The molecule has 0 aromatic heterocycles. The number of carbonyl (C=O) groups excluding carboxylic acids is 3. The van der Waals surface area contributed by atoms with E-state index in [0.717, 1.165) is 31.2 Å². The van der Waals surface area contributed by atoms with Crippen LogP contribution in [0.2, 0.25) is 0 Å². The van der Waals surface area contributed by atoms with Crippen molar-refractivity contribution < 1.29 is 34.1 Å². The molecule has 1 aliphatic rings. The Morgan fingerprint density at radius 3 is 2.59 bits per heavy atom. The molecule has 9 nitrogen and oxygen atoms in total. The number of hydrogen-bond donors (Lipinski definition) is 3. The van der Waals surface area contributed by atoms with E-state index < -0.39 is 24.2 Å². The Morgan fingerprint density at radius 2 is 1.93 bits per heavy atom. The number of rotatable bonds is 15. The highest BCUT2D eigenvalue weighted by Gasteiger charge is 2.40. The lowest BCUT2D eigenvalue weighted by molar-refractivity contribution is -0.138. The molecule has 0 saturated heterocycles. The van der Waals surface area contributed by atoms with Crippen LogP contribution in [0, 0.1) is 3.57 Å². The Balaban J connectivity index is 1.98. The number of amides is 2. The van der Waals surface area contributed by atoms with E-state index in [9.17, 15) is 24.6 Å². The second kappa shape index (κ2) is 16.5. The normalized spacial score (nSPS) is 18.3. The zero-order valence-electron chi connectivity index (χ0n) is 23.6. The lowest BCUT2D eigenvalue weighted by atomic mass is 9.87. The van der Waals surface area contributed by atoms with Crippen molar-refractivity contribution in [3.05, 3.63) is 68.8 Å². The fraction of sp³-hybridized carbons (Fsp3) is 0.452. The first kappa shape index (κ1) is 32.6. The zero-order valence-corrected chi connectivity index (χ0v) is 25.7. The Hall–Kier alpha value is -2.96. The van der Waals surface area contributed by atoms with E-state index in [1.807, 2.05) is 52.9 Å². The number of methoxy groups -OCH3 is 1. The molecule has 0 heterocycles. The molecule has 222 valence electrons. The maximum absolute atomic E-state index is 13.7. The molecule has 0 saturated carbocycles. The molecule has 0 fully saturated rings. The summed E-state index contributed by atoms with van der Waals surface area (Å²) in [5, 5.41) is 23.6. The summed E-state index contributed by atoms with van der Waals surface area (Å²) in [5.41, 5.74) is 1.62. The van der Waals surface area contributed by atoms with Crippen molar-refractivity contribution in [2.45, 2.75) is 63.7 Å². The fourth-order valence-electron chi connectivity index (χ4n) is 4.89. The quantitative estimate of drug-likeness (QED) is 0.149. The average molecular weight is 679 g/mol. The van der Waals surface area contributed by atoms with Crippen LogP contribution >= 0.6 is 22.6 Å². The number of nitrogens with one attached hydrogen (secondary N) is 1. The van der Waals surface area contributed by atoms with Crippen LogP contribution in [0.1, 0.15) is 54.9 Å². The van der Waals surface area contributed by atoms with Crippen molar-refractivity contribution >= 4 is 40.7 Å². The molecule has 3 unspecified atom stereocenters. The minimum Gasteiger partial charge on any atom is -0.493 e. The minimum absolute atomic E-state index is 0.0709. The van der Waals surface area contributed by atoms with Gasteiger partial charge in [-0.1, -0.05) is 56.5 Å². The second-order valence-corrected chi connectivity index (χ2v) is 11.1. The van der Waals surface area contributed by atoms with Crippen LogP contribution < -0.4 is 14.8 Å². The predicted molar refractivity (Wildman–Crippen MR) is 164 cm³/mol. The maximum Gasteiger partial charge on any atom is 0.247 e. The molecule has 2 amide bonds. The smallest absolute Gasteiger partial charge is 0.247 e. The molecule has 3 atom stereocenters. The Bertz CT molecular complexity index is 1200. The first-order valence-corrected chi connectivity index (χ1v) is 15.0. The number of hydrogen-bond acceptors (Lipinski definition) is 7. The van der Waals surface area contributed by atoms with Crippen molar-refractivity contribution in [1.29, 1.82) is 0 Å². The van der Waals surface area contributed by atoms with Gasteiger partial charge in [0, 0.05) is 30.6 Å². The van der Waals surface area contributed by atoms with Gasteiger partial charge in [0.25, 0.3) is 0 Å². The van der Waals surface area contributed by atoms with Crippen molar-refractivity contribution in [3.63, 3.8) is 0 Å². The molecule has 41 heavy (non-hydrogen) atoms. The third kappa shape index (κ3) is 9.01. The summed E-state index contributed by atoms with van der Waals surface area (Å²) in [4.78, 5) is 39.9. The van der Waals surface area contributed by atoms with Gasteiger partial charge in [0.15, 0.2) is 11.5 Å². The molecule has 0 radical (unpaired) electrons. The highest BCUT2D eigenvalue weighted by molar-refractivity contribution is 14.1. The van der Waals surface area contributed by atoms with E-state index in [1.165, 1.54) is 7.11 Å². The monoisotopic (exact) mass is 678 g/mol. The number of unbranched alkanes of at least 4 members (excludes halogenated alkanes) is 3. The average Bonchev–Trinajstić information content (AvgIpc) is 2.98. The van der Waals surface area contributed by atoms with E-state index in [1.54, 1.807) is 23.1 Å². The highest BCUT2D eigenvalue weighted by atomic mass is 127. The summed E-state index contributed by atoms with van der Waals surface area (Å²) in [6.07, 6.45) is 4.20. The van der Waals surface area contributed by atoms with Crippen LogP contribution in [0.3, 0.4) is 0 Å². The molecule has 0 bridgehead atoms. The van der Waals surface area contributed by atoms with Gasteiger partial charge in [-0.25, -0.2) is 0 Å². The molecule has 3 N–H and O–H groups in total. The van der Waals surface area contributed by atoms with Crippen LogP contribution in [0.5, 0.6) is 11.5 Å². The summed E-state index contributed by atoms with van der Waals surface area (Å²) in [5.74, 6) is 0.0865. The summed E-state index contributed by atoms with van der Waals surface area (Å²) in [7, 11) is 1.46. The topological polar surface area (TPSA) is 125 Å². The summed E-state index contributed by atoms with van der Waals surface area (Å²) < 4.78 is 12.3. The van der Waals surface area contributed by atoms with Crippen LogP contribution in [-0.4, -0.2) is 78.3 Å². The predicted octanol–water partition coefficient (Wildman–Crippen LogP) is 3.68. The van der Waals surface area contributed by atoms with Crippen LogP contribution in [0.25, 0.3) is 0 Å². The van der Waals surface area contributed by atoms with Gasteiger partial charge in [0.1, 0.15) is 18.5 Å². The standard InChI is InChI=1S/C31H39IN2O7/c1-3-4-5-9-13-34(28(37)17-21-10-7-6-8-11-21)25-18-23(31(39)33-12-14-35)19-26(29(25)38)41-30-24(32)15-22(20-36)16-27(30)40-2/h6-8,10-11,15-16,19-20,25-26,29,35,38H,3-5,9,12-14,17-18H2,1-2H3,(H,33,39). The van der Waals surface area contributed by atoms with Gasteiger partial charge in [-0.05, 0) is 52.8 Å². The van der Waals surface area contributed by atoms with Gasteiger partial charge in [0.05, 0.1) is 29.7 Å². The van der Waals surface area contributed by atoms with Crippen molar-refractivity contribution in [2.75, 3.05) is 26.8 Å². The molecular formula is C31H39IN2O7. The van der Waals surface area contributed by atoms with Gasteiger partial charge < -0.3 is 29.9 Å². The lowest BCUT2D eigenvalue weighted by Crippen LogP contribution is -2.55.